The molecule has 3 aromatic rings. The van der Waals surface area contributed by atoms with E-state index in [1.165, 1.54) is 4.57 Å². The van der Waals surface area contributed by atoms with E-state index in [1.54, 1.807) is 13.2 Å². The molecule has 34 heavy (non-hydrogen) atoms. The number of hydrogen-bond donors (Lipinski definition) is 2. The zero-order chi connectivity index (χ0) is 24.0. The van der Waals surface area contributed by atoms with E-state index in [2.05, 4.69) is 25.5 Å². The van der Waals surface area contributed by atoms with Gasteiger partial charge in [0.15, 0.2) is 11.6 Å². The maximum atomic E-state index is 12.9. The highest BCUT2D eigenvalue weighted by Gasteiger charge is 2.25. The topological polar surface area (TPSA) is 101 Å². The van der Waals surface area contributed by atoms with Gasteiger partial charge in [-0.2, -0.15) is 4.98 Å². The number of anilines is 4. The SMILES string of the molecule is CC1CN(c2ncc(Cl)c(Nc3ccc4c(c3)c3c(c(=O)n4C)C(=O)CCCN3)n2)CC(C)O1. The molecule has 2 N–H and O–H groups in total. The molecule has 0 radical (unpaired) electrons. The van der Waals surface area contributed by atoms with Crippen LogP contribution in [0.4, 0.5) is 23.1 Å². The lowest BCUT2D eigenvalue weighted by molar-refractivity contribution is -0.00571. The second-order valence-corrected chi connectivity index (χ2v) is 9.36. The average molecular weight is 483 g/mol. The van der Waals surface area contributed by atoms with Crippen molar-refractivity contribution < 1.29 is 9.53 Å². The fourth-order valence-corrected chi connectivity index (χ4v) is 4.87. The van der Waals surface area contributed by atoms with Gasteiger partial charge in [-0.15, -0.1) is 0 Å². The molecule has 178 valence electrons. The zero-order valence-electron chi connectivity index (χ0n) is 19.4. The van der Waals surface area contributed by atoms with Crippen LogP contribution in [0.25, 0.3) is 10.9 Å². The quantitative estimate of drug-likeness (QED) is 0.582. The third-order valence-electron chi connectivity index (χ3n) is 6.25. The number of aromatic nitrogens is 3. The maximum absolute atomic E-state index is 12.9. The number of benzene rings is 1. The maximum Gasteiger partial charge on any atom is 0.263 e. The molecule has 9 nitrogen and oxygen atoms in total. The molecule has 2 atom stereocenters. The van der Waals surface area contributed by atoms with E-state index >= 15 is 0 Å². The molecule has 2 unspecified atom stereocenters. The number of fused-ring (bicyclic) bond motifs is 3. The number of Topliss-reactive ketones (excluding diaryl/α,β-unsaturated/α-hetero) is 1. The van der Waals surface area contributed by atoms with Gasteiger partial charge in [0.2, 0.25) is 5.95 Å². The molecule has 5 rings (SSSR count). The predicted molar refractivity (Wildman–Crippen MR) is 134 cm³/mol. The van der Waals surface area contributed by atoms with Gasteiger partial charge in [0.25, 0.3) is 5.56 Å². The van der Waals surface area contributed by atoms with E-state index in [-0.39, 0.29) is 29.1 Å². The summed E-state index contributed by atoms with van der Waals surface area (Å²) in [6.07, 6.45) is 2.80. The van der Waals surface area contributed by atoms with E-state index in [1.807, 2.05) is 32.0 Å². The van der Waals surface area contributed by atoms with Crippen LogP contribution in [0.2, 0.25) is 5.02 Å². The Labute approximate surface area is 202 Å². The number of ketones is 1. The van der Waals surface area contributed by atoms with Gasteiger partial charge in [-0.1, -0.05) is 11.6 Å². The molecule has 1 fully saturated rings. The van der Waals surface area contributed by atoms with Gasteiger partial charge in [-0.05, 0) is 38.5 Å². The zero-order valence-corrected chi connectivity index (χ0v) is 20.1. The van der Waals surface area contributed by atoms with Crippen molar-refractivity contribution in [2.24, 2.45) is 7.05 Å². The fourth-order valence-electron chi connectivity index (χ4n) is 4.73. The number of hydrogen-bond acceptors (Lipinski definition) is 8. The van der Waals surface area contributed by atoms with Crippen molar-refractivity contribution >= 4 is 51.4 Å². The molecule has 2 aliphatic rings. The van der Waals surface area contributed by atoms with Crippen molar-refractivity contribution in [3.8, 4) is 0 Å². The van der Waals surface area contributed by atoms with Crippen molar-refractivity contribution in [2.45, 2.75) is 38.9 Å². The van der Waals surface area contributed by atoms with E-state index in [4.69, 9.17) is 16.3 Å². The summed E-state index contributed by atoms with van der Waals surface area (Å²) in [5, 5.41) is 7.77. The Morgan fingerprint density at radius 1 is 1.21 bits per heavy atom. The minimum absolute atomic E-state index is 0.0806. The number of carbonyl (C=O) groups excluding carboxylic acids is 1. The Bertz CT molecular complexity index is 1330. The monoisotopic (exact) mass is 482 g/mol. The molecular formula is C24H27ClN6O3. The summed E-state index contributed by atoms with van der Waals surface area (Å²) >= 11 is 6.43. The molecule has 0 saturated carbocycles. The normalized spacial score (nSPS) is 20.6. The van der Waals surface area contributed by atoms with Crippen molar-refractivity contribution in [1.82, 2.24) is 14.5 Å². The number of nitrogens with zero attached hydrogens (tertiary/aromatic N) is 4. The summed E-state index contributed by atoms with van der Waals surface area (Å²) in [4.78, 5) is 36.7. The van der Waals surface area contributed by atoms with Crippen LogP contribution in [0.15, 0.2) is 29.2 Å². The number of rotatable bonds is 3. The molecule has 10 heteroatoms. The van der Waals surface area contributed by atoms with E-state index in [0.29, 0.717) is 55.0 Å². The van der Waals surface area contributed by atoms with Crippen LogP contribution in [0.5, 0.6) is 0 Å². The van der Waals surface area contributed by atoms with Crippen LogP contribution in [0.1, 0.15) is 37.0 Å². The number of carbonyl (C=O) groups is 1. The van der Waals surface area contributed by atoms with Crippen LogP contribution >= 0.6 is 11.6 Å². The van der Waals surface area contributed by atoms with Gasteiger partial charge in [0, 0.05) is 44.2 Å². The Balaban J connectivity index is 1.54. The Morgan fingerprint density at radius 3 is 2.74 bits per heavy atom. The Kier molecular flexibility index (Phi) is 5.91. The highest BCUT2D eigenvalue weighted by Crippen LogP contribution is 2.32. The van der Waals surface area contributed by atoms with E-state index in [0.717, 1.165) is 16.6 Å². The standard InChI is InChI=1S/C24H27ClN6O3/c1-13-11-31(12-14(2)34-13)24-27-10-17(25)22(29-24)28-15-6-7-18-16(9-15)21-20(23(33)30(18)3)19(32)5-4-8-26-21/h6-7,9-10,13-14,26H,4-5,8,11-12H2,1-3H3,(H,27,28,29). The molecule has 1 aromatic carbocycles. The highest BCUT2D eigenvalue weighted by molar-refractivity contribution is 6.33. The molecular weight excluding hydrogens is 456 g/mol. The molecule has 0 amide bonds. The number of halogens is 1. The third-order valence-corrected chi connectivity index (χ3v) is 6.53. The predicted octanol–water partition coefficient (Wildman–Crippen LogP) is 3.73. The van der Waals surface area contributed by atoms with Crippen molar-refractivity contribution in [3.63, 3.8) is 0 Å². The van der Waals surface area contributed by atoms with Crippen molar-refractivity contribution in [2.75, 3.05) is 35.2 Å². The van der Waals surface area contributed by atoms with Crippen LogP contribution < -0.4 is 21.1 Å². The molecule has 0 spiro atoms. The van der Waals surface area contributed by atoms with Crippen molar-refractivity contribution in [3.05, 3.63) is 45.3 Å². The lowest BCUT2D eigenvalue weighted by Crippen LogP contribution is -2.46. The van der Waals surface area contributed by atoms with Crippen LogP contribution in [-0.4, -0.2) is 52.2 Å². The Morgan fingerprint density at radius 2 is 1.97 bits per heavy atom. The van der Waals surface area contributed by atoms with Crippen LogP contribution in [0.3, 0.4) is 0 Å². The number of ether oxygens (including phenoxy) is 1. The fraction of sp³-hybridized carbons (Fsp3) is 0.417. The second kappa shape index (κ2) is 8.88. The minimum Gasteiger partial charge on any atom is -0.384 e. The number of nitrogens with one attached hydrogen (secondary N) is 2. The van der Waals surface area contributed by atoms with E-state index in [9.17, 15) is 9.59 Å². The number of aryl methyl sites for hydroxylation is 1. The first-order valence-corrected chi connectivity index (χ1v) is 11.8. The molecule has 2 aliphatic heterocycles. The molecule has 4 heterocycles. The van der Waals surface area contributed by atoms with Crippen LogP contribution in [0, 0.1) is 0 Å². The molecule has 2 aromatic heterocycles. The minimum atomic E-state index is -0.278. The molecule has 0 bridgehead atoms. The smallest absolute Gasteiger partial charge is 0.263 e. The first-order chi connectivity index (χ1) is 16.3. The van der Waals surface area contributed by atoms with Gasteiger partial charge in [0.05, 0.1) is 29.6 Å². The van der Waals surface area contributed by atoms with Gasteiger partial charge in [-0.3, -0.25) is 9.59 Å². The second-order valence-electron chi connectivity index (χ2n) is 8.95. The average Bonchev–Trinajstić information content (AvgIpc) is 3.00. The van der Waals surface area contributed by atoms with Crippen molar-refractivity contribution in [1.29, 1.82) is 0 Å². The Hall–Kier alpha value is -3.17. The lowest BCUT2D eigenvalue weighted by Gasteiger charge is -2.35. The summed E-state index contributed by atoms with van der Waals surface area (Å²) in [7, 11) is 1.69. The number of morpholine rings is 1. The third kappa shape index (κ3) is 4.10. The summed E-state index contributed by atoms with van der Waals surface area (Å²) in [6.45, 7) is 6.09. The van der Waals surface area contributed by atoms with Gasteiger partial charge < -0.3 is 24.8 Å². The van der Waals surface area contributed by atoms with Gasteiger partial charge in [0.1, 0.15) is 10.6 Å². The summed E-state index contributed by atoms with van der Waals surface area (Å²) in [5.41, 5.74) is 2.02. The first kappa shape index (κ1) is 22.6. The molecule has 0 aliphatic carbocycles. The molecule has 1 saturated heterocycles. The lowest BCUT2D eigenvalue weighted by atomic mass is 10.0. The largest absolute Gasteiger partial charge is 0.384 e. The van der Waals surface area contributed by atoms with Crippen LogP contribution in [-0.2, 0) is 11.8 Å². The summed E-state index contributed by atoms with van der Waals surface area (Å²) < 4.78 is 7.34. The summed E-state index contributed by atoms with van der Waals surface area (Å²) in [5.74, 6) is 0.939. The van der Waals surface area contributed by atoms with Gasteiger partial charge >= 0.3 is 0 Å². The summed E-state index contributed by atoms with van der Waals surface area (Å²) in [6, 6.07) is 5.64. The first-order valence-electron chi connectivity index (χ1n) is 11.5. The highest BCUT2D eigenvalue weighted by atomic mass is 35.5. The van der Waals surface area contributed by atoms with E-state index < -0.39 is 0 Å². The number of pyridine rings is 1. The van der Waals surface area contributed by atoms with Gasteiger partial charge in [-0.25, -0.2) is 4.98 Å².